The fourth-order valence-corrected chi connectivity index (χ4v) is 2.03. The van der Waals surface area contributed by atoms with Crippen molar-refractivity contribution in [1.29, 1.82) is 0 Å². The Morgan fingerprint density at radius 1 is 1.31 bits per heavy atom. The number of fused-ring (bicyclic) bond motifs is 1. The van der Waals surface area contributed by atoms with Crippen molar-refractivity contribution in [3.05, 3.63) is 35.0 Å². The Morgan fingerprint density at radius 3 is 2.69 bits per heavy atom. The fourth-order valence-electron chi connectivity index (χ4n) is 2.03. The van der Waals surface area contributed by atoms with Crippen LogP contribution < -0.4 is 11.3 Å². The van der Waals surface area contributed by atoms with Crippen LogP contribution in [0.2, 0.25) is 0 Å². The topological polar surface area (TPSA) is 50.9 Å². The van der Waals surface area contributed by atoms with E-state index >= 15 is 0 Å². The summed E-state index contributed by atoms with van der Waals surface area (Å²) in [5.41, 5.74) is 8.24. The number of benzene rings is 1. The lowest BCUT2D eigenvalue weighted by atomic mass is 10.0. The Hall–Kier alpha value is -1.61. The van der Waals surface area contributed by atoms with E-state index < -0.39 is 0 Å². The molecule has 3 N–H and O–H groups in total. The number of aromatic nitrogens is 1. The van der Waals surface area contributed by atoms with Crippen LogP contribution >= 0.6 is 0 Å². The number of rotatable bonds is 2. The molecule has 0 amide bonds. The minimum absolute atomic E-state index is 0.983. The summed E-state index contributed by atoms with van der Waals surface area (Å²) in [6.45, 7) is 6.19. The van der Waals surface area contributed by atoms with Gasteiger partial charge in [0.25, 0.3) is 0 Å². The average Bonchev–Trinajstić information content (AvgIpc) is 2.30. The summed E-state index contributed by atoms with van der Waals surface area (Å²) in [6.07, 6.45) is 0.983. The number of aryl methyl sites for hydroxylation is 2. The van der Waals surface area contributed by atoms with E-state index in [1.54, 1.807) is 0 Å². The van der Waals surface area contributed by atoms with Crippen LogP contribution in [-0.2, 0) is 6.42 Å². The van der Waals surface area contributed by atoms with E-state index in [1.165, 1.54) is 5.56 Å². The first kappa shape index (κ1) is 10.9. The van der Waals surface area contributed by atoms with Crippen molar-refractivity contribution >= 4 is 16.6 Å². The maximum Gasteiger partial charge on any atom is 0.0758 e. The van der Waals surface area contributed by atoms with Crippen molar-refractivity contribution in [2.75, 3.05) is 5.43 Å². The van der Waals surface area contributed by atoms with Crippen LogP contribution in [0.25, 0.3) is 10.9 Å². The first-order chi connectivity index (χ1) is 7.69. The Kier molecular flexibility index (Phi) is 2.79. The number of anilines is 1. The van der Waals surface area contributed by atoms with Crippen LogP contribution in [0.3, 0.4) is 0 Å². The molecule has 0 saturated carbocycles. The maximum absolute atomic E-state index is 5.60. The summed E-state index contributed by atoms with van der Waals surface area (Å²) in [4.78, 5) is 4.66. The summed E-state index contributed by atoms with van der Waals surface area (Å²) in [5, 5.41) is 1.10. The lowest BCUT2D eigenvalue weighted by Gasteiger charge is -2.13. The van der Waals surface area contributed by atoms with Gasteiger partial charge in [0.2, 0.25) is 0 Å². The molecule has 3 nitrogen and oxygen atoms in total. The number of nitrogens with two attached hydrogens (primary N) is 1. The largest absolute Gasteiger partial charge is 0.323 e. The van der Waals surface area contributed by atoms with Crippen LogP contribution in [-0.4, -0.2) is 4.98 Å². The zero-order valence-corrected chi connectivity index (χ0v) is 9.96. The third-order valence-corrected chi connectivity index (χ3v) is 3.11. The summed E-state index contributed by atoms with van der Waals surface area (Å²) < 4.78 is 0. The van der Waals surface area contributed by atoms with Gasteiger partial charge in [-0.2, -0.15) is 0 Å². The lowest BCUT2D eigenvalue weighted by molar-refractivity contribution is 1.12. The minimum Gasteiger partial charge on any atom is -0.323 e. The highest BCUT2D eigenvalue weighted by atomic mass is 15.2. The molecule has 0 atom stereocenters. The van der Waals surface area contributed by atoms with Gasteiger partial charge in [-0.25, -0.2) is 0 Å². The van der Waals surface area contributed by atoms with Gasteiger partial charge >= 0.3 is 0 Å². The predicted octanol–water partition coefficient (Wildman–Crippen LogP) is 2.70. The predicted molar refractivity (Wildman–Crippen MR) is 68.4 cm³/mol. The van der Waals surface area contributed by atoms with Crippen LogP contribution in [0.4, 0.5) is 5.69 Å². The monoisotopic (exact) mass is 215 g/mol. The second-order valence-corrected chi connectivity index (χ2v) is 4.01. The van der Waals surface area contributed by atoms with Gasteiger partial charge in [0, 0.05) is 11.1 Å². The van der Waals surface area contributed by atoms with Gasteiger partial charge in [0.15, 0.2) is 0 Å². The first-order valence-electron chi connectivity index (χ1n) is 5.54. The second-order valence-electron chi connectivity index (χ2n) is 4.01. The molecule has 16 heavy (non-hydrogen) atoms. The third kappa shape index (κ3) is 1.53. The quantitative estimate of drug-likeness (QED) is 0.598. The van der Waals surface area contributed by atoms with Gasteiger partial charge < -0.3 is 5.43 Å². The minimum atomic E-state index is 0.983. The lowest BCUT2D eigenvalue weighted by Crippen LogP contribution is -2.10. The van der Waals surface area contributed by atoms with Gasteiger partial charge in [0.05, 0.1) is 11.2 Å². The smallest absolute Gasteiger partial charge is 0.0758 e. The first-order valence-corrected chi connectivity index (χ1v) is 5.54. The Labute approximate surface area is 95.7 Å². The molecule has 0 aliphatic heterocycles. The molecule has 0 spiro atoms. The standard InChI is InChI=1S/C13H17N3/c1-4-10-6-5-7-11-12(16-14)8(2)9(3)15-13(10)11/h5-7H,4,14H2,1-3H3,(H,15,16). The molecule has 0 aliphatic carbocycles. The van der Waals surface area contributed by atoms with E-state index in [2.05, 4.69) is 35.5 Å². The average molecular weight is 215 g/mol. The highest BCUT2D eigenvalue weighted by molar-refractivity contribution is 5.94. The van der Waals surface area contributed by atoms with E-state index in [0.717, 1.165) is 34.3 Å². The van der Waals surface area contributed by atoms with Crippen molar-refractivity contribution in [2.45, 2.75) is 27.2 Å². The highest BCUT2D eigenvalue weighted by Gasteiger charge is 2.10. The number of nitrogen functional groups attached to an aromatic ring is 1. The molecular formula is C13H17N3. The molecule has 84 valence electrons. The number of hydrogen-bond donors (Lipinski definition) is 2. The molecule has 1 heterocycles. The van der Waals surface area contributed by atoms with E-state index in [0.29, 0.717) is 0 Å². The molecule has 3 heteroatoms. The van der Waals surface area contributed by atoms with E-state index in [1.807, 2.05) is 13.8 Å². The molecule has 0 aliphatic rings. The Morgan fingerprint density at radius 2 is 2.06 bits per heavy atom. The number of para-hydroxylation sites is 1. The van der Waals surface area contributed by atoms with E-state index in [4.69, 9.17) is 5.84 Å². The van der Waals surface area contributed by atoms with Crippen LogP contribution in [0.5, 0.6) is 0 Å². The Bertz CT molecular complexity index is 532. The number of nitrogens with zero attached hydrogens (tertiary/aromatic N) is 1. The normalized spacial score (nSPS) is 10.8. The van der Waals surface area contributed by atoms with Gasteiger partial charge in [-0.1, -0.05) is 25.1 Å². The molecule has 1 aromatic carbocycles. The Balaban J connectivity index is 2.89. The maximum atomic E-state index is 5.60. The molecule has 0 saturated heterocycles. The van der Waals surface area contributed by atoms with Crippen molar-refractivity contribution < 1.29 is 0 Å². The number of hydrogen-bond acceptors (Lipinski definition) is 3. The number of hydrazine groups is 1. The van der Waals surface area contributed by atoms with Gasteiger partial charge in [-0.05, 0) is 31.4 Å². The molecule has 1 aromatic heterocycles. The van der Waals surface area contributed by atoms with Gasteiger partial charge in [-0.15, -0.1) is 0 Å². The molecule has 2 rings (SSSR count). The van der Waals surface area contributed by atoms with Crippen LogP contribution in [0, 0.1) is 13.8 Å². The molecule has 0 unspecified atom stereocenters. The SMILES string of the molecule is CCc1cccc2c(NN)c(C)c(C)nc12. The second kappa shape index (κ2) is 4.10. The third-order valence-electron chi connectivity index (χ3n) is 3.11. The zero-order valence-electron chi connectivity index (χ0n) is 9.96. The molecule has 0 bridgehead atoms. The summed E-state index contributed by atoms with van der Waals surface area (Å²) in [5.74, 6) is 5.60. The van der Waals surface area contributed by atoms with E-state index in [9.17, 15) is 0 Å². The molecule has 0 fully saturated rings. The van der Waals surface area contributed by atoms with E-state index in [-0.39, 0.29) is 0 Å². The van der Waals surface area contributed by atoms with Crippen LogP contribution in [0.15, 0.2) is 18.2 Å². The summed E-state index contributed by atoms with van der Waals surface area (Å²) in [7, 11) is 0. The van der Waals surface area contributed by atoms with Gasteiger partial charge in [-0.3, -0.25) is 10.8 Å². The van der Waals surface area contributed by atoms with Crippen molar-refractivity contribution in [2.24, 2.45) is 5.84 Å². The number of pyridine rings is 1. The summed E-state index contributed by atoms with van der Waals surface area (Å²) >= 11 is 0. The summed E-state index contributed by atoms with van der Waals surface area (Å²) in [6, 6.07) is 6.23. The molecular weight excluding hydrogens is 198 g/mol. The van der Waals surface area contributed by atoms with Crippen molar-refractivity contribution in [3.8, 4) is 0 Å². The van der Waals surface area contributed by atoms with Crippen molar-refractivity contribution in [3.63, 3.8) is 0 Å². The van der Waals surface area contributed by atoms with Crippen LogP contribution in [0.1, 0.15) is 23.7 Å². The zero-order chi connectivity index (χ0) is 11.7. The van der Waals surface area contributed by atoms with Gasteiger partial charge in [0.1, 0.15) is 0 Å². The fraction of sp³-hybridized carbons (Fsp3) is 0.308. The molecule has 2 aromatic rings. The number of nitrogens with one attached hydrogen (secondary N) is 1. The van der Waals surface area contributed by atoms with Crippen molar-refractivity contribution in [1.82, 2.24) is 4.98 Å². The highest BCUT2D eigenvalue weighted by Crippen LogP contribution is 2.29. The molecule has 0 radical (unpaired) electrons.